The van der Waals surface area contributed by atoms with Gasteiger partial charge in [-0.05, 0) is 74.6 Å². The summed E-state index contributed by atoms with van der Waals surface area (Å²) in [6.45, 7) is 9.26. The first-order valence-corrected chi connectivity index (χ1v) is 12.3. The first kappa shape index (κ1) is 25.9. The van der Waals surface area contributed by atoms with Crippen LogP contribution in [0.3, 0.4) is 0 Å². The molecule has 0 aliphatic carbocycles. The Morgan fingerprint density at radius 3 is 2.11 bits per heavy atom. The van der Waals surface area contributed by atoms with Crippen LogP contribution in [0.4, 0.5) is 10.5 Å². The standard InChI is InChI=1S/C30H32N2O5/c1-6-36-28(34)30(4,5)37-27-20(2)16-22(17-21(27)3)18-32-26(33)19-31(29(32)35)25-14-12-24(13-15-25)23-10-8-7-9-11-23/h7-17H,6,18-19H2,1-5H3. The number of rotatable bonds is 8. The van der Waals surface area contributed by atoms with Crippen molar-refractivity contribution in [3.05, 3.63) is 83.4 Å². The van der Waals surface area contributed by atoms with Gasteiger partial charge in [0.25, 0.3) is 5.91 Å². The molecule has 1 saturated heterocycles. The minimum Gasteiger partial charge on any atom is -0.476 e. The van der Waals surface area contributed by atoms with E-state index in [9.17, 15) is 14.4 Å². The van der Waals surface area contributed by atoms with Crippen molar-refractivity contribution < 1.29 is 23.9 Å². The molecule has 1 aliphatic heterocycles. The van der Waals surface area contributed by atoms with Gasteiger partial charge in [-0.2, -0.15) is 0 Å². The van der Waals surface area contributed by atoms with Gasteiger partial charge >= 0.3 is 12.0 Å². The highest BCUT2D eigenvalue weighted by atomic mass is 16.6. The van der Waals surface area contributed by atoms with Crippen LogP contribution in [0.15, 0.2) is 66.7 Å². The average molecular weight is 501 g/mol. The van der Waals surface area contributed by atoms with Crippen molar-refractivity contribution in [2.75, 3.05) is 18.1 Å². The molecule has 0 spiro atoms. The fourth-order valence-electron chi connectivity index (χ4n) is 4.44. The number of ether oxygens (including phenoxy) is 2. The zero-order chi connectivity index (χ0) is 26.7. The van der Waals surface area contributed by atoms with Crippen LogP contribution in [0.2, 0.25) is 0 Å². The summed E-state index contributed by atoms with van der Waals surface area (Å²) in [7, 11) is 0. The number of hydrogen-bond donors (Lipinski definition) is 0. The van der Waals surface area contributed by atoms with Gasteiger partial charge < -0.3 is 9.47 Å². The van der Waals surface area contributed by atoms with E-state index in [0.717, 1.165) is 27.8 Å². The van der Waals surface area contributed by atoms with Gasteiger partial charge in [0.2, 0.25) is 0 Å². The molecule has 1 aliphatic rings. The zero-order valence-corrected chi connectivity index (χ0v) is 21.9. The van der Waals surface area contributed by atoms with Crippen LogP contribution in [-0.4, -0.2) is 41.6 Å². The predicted molar refractivity (Wildman–Crippen MR) is 142 cm³/mol. The summed E-state index contributed by atoms with van der Waals surface area (Å²) < 4.78 is 11.2. The van der Waals surface area contributed by atoms with Gasteiger partial charge in [-0.1, -0.05) is 54.6 Å². The van der Waals surface area contributed by atoms with Crippen LogP contribution >= 0.6 is 0 Å². The molecule has 3 amide bonds. The predicted octanol–water partition coefficient (Wildman–Crippen LogP) is 5.66. The van der Waals surface area contributed by atoms with E-state index in [1.807, 2.05) is 80.6 Å². The van der Waals surface area contributed by atoms with Crippen LogP contribution in [0.5, 0.6) is 5.75 Å². The number of nitrogens with zero attached hydrogens (tertiary/aromatic N) is 2. The smallest absolute Gasteiger partial charge is 0.349 e. The quantitative estimate of drug-likeness (QED) is 0.295. The van der Waals surface area contributed by atoms with Crippen molar-refractivity contribution in [2.24, 2.45) is 0 Å². The summed E-state index contributed by atoms with van der Waals surface area (Å²) in [6, 6.07) is 21.0. The summed E-state index contributed by atoms with van der Waals surface area (Å²) >= 11 is 0. The lowest BCUT2D eigenvalue weighted by Gasteiger charge is -2.26. The minimum absolute atomic E-state index is 0.00357. The molecule has 192 valence electrons. The van der Waals surface area contributed by atoms with E-state index in [2.05, 4.69) is 0 Å². The third-order valence-corrected chi connectivity index (χ3v) is 6.33. The largest absolute Gasteiger partial charge is 0.476 e. The molecule has 3 aromatic carbocycles. The normalized spacial score (nSPS) is 13.8. The average Bonchev–Trinajstić information content (AvgIpc) is 3.15. The zero-order valence-electron chi connectivity index (χ0n) is 21.9. The van der Waals surface area contributed by atoms with E-state index < -0.39 is 11.6 Å². The maximum atomic E-state index is 13.2. The number of anilines is 1. The Kier molecular flexibility index (Phi) is 7.34. The first-order chi connectivity index (χ1) is 17.6. The van der Waals surface area contributed by atoms with Gasteiger partial charge in [0.05, 0.1) is 13.2 Å². The Bertz CT molecular complexity index is 1290. The molecule has 3 aromatic rings. The lowest BCUT2D eigenvalue weighted by molar-refractivity contribution is -0.158. The summed E-state index contributed by atoms with van der Waals surface area (Å²) in [4.78, 5) is 41.0. The molecule has 0 aromatic heterocycles. The Labute approximate surface area is 217 Å². The Balaban J connectivity index is 1.49. The molecule has 7 heteroatoms. The van der Waals surface area contributed by atoms with Crippen LogP contribution in [0, 0.1) is 13.8 Å². The molecule has 1 heterocycles. The van der Waals surface area contributed by atoms with E-state index in [0.29, 0.717) is 11.4 Å². The van der Waals surface area contributed by atoms with Crippen molar-refractivity contribution in [1.29, 1.82) is 0 Å². The topological polar surface area (TPSA) is 76.2 Å². The van der Waals surface area contributed by atoms with Gasteiger partial charge in [0, 0.05) is 5.69 Å². The number of benzene rings is 3. The molecule has 1 fully saturated rings. The maximum absolute atomic E-state index is 13.2. The fourth-order valence-corrected chi connectivity index (χ4v) is 4.44. The number of imide groups is 1. The number of carbonyl (C=O) groups excluding carboxylic acids is 3. The lowest BCUT2D eigenvalue weighted by atomic mass is 10.0. The van der Waals surface area contributed by atoms with Gasteiger partial charge in [-0.25, -0.2) is 9.59 Å². The number of carbonyl (C=O) groups is 3. The molecule has 0 saturated carbocycles. The molecule has 7 nitrogen and oxygen atoms in total. The fraction of sp³-hybridized carbons (Fsp3) is 0.300. The minimum atomic E-state index is -1.15. The van der Waals surface area contributed by atoms with E-state index in [-0.39, 0.29) is 31.6 Å². The van der Waals surface area contributed by atoms with Crippen LogP contribution in [0.25, 0.3) is 11.1 Å². The van der Waals surface area contributed by atoms with E-state index in [1.165, 1.54) is 9.80 Å². The number of hydrogen-bond acceptors (Lipinski definition) is 5. The maximum Gasteiger partial charge on any atom is 0.349 e. The highest BCUT2D eigenvalue weighted by Crippen LogP contribution is 2.31. The van der Waals surface area contributed by atoms with Gasteiger partial charge in [-0.3, -0.25) is 14.6 Å². The lowest BCUT2D eigenvalue weighted by Crippen LogP contribution is -2.40. The second-order valence-electron chi connectivity index (χ2n) is 9.65. The van der Waals surface area contributed by atoms with E-state index in [4.69, 9.17) is 9.47 Å². The molecule has 37 heavy (non-hydrogen) atoms. The SMILES string of the molecule is CCOC(=O)C(C)(C)Oc1c(C)cc(CN2C(=O)CN(c3ccc(-c4ccccc4)cc3)C2=O)cc1C. The number of esters is 1. The molecule has 0 radical (unpaired) electrons. The molecule has 0 bridgehead atoms. The van der Waals surface area contributed by atoms with E-state index >= 15 is 0 Å². The molecule has 4 rings (SSSR count). The second-order valence-corrected chi connectivity index (χ2v) is 9.65. The highest BCUT2D eigenvalue weighted by Gasteiger charge is 2.37. The van der Waals surface area contributed by atoms with Gasteiger partial charge in [0.15, 0.2) is 5.60 Å². The Hall–Kier alpha value is -4.13. The molecule has 0 N–H and O–H groups in total. The summed E-state index contributed by atoms with van der Waals surface area (Å²) in [6.07, 6.45) is 0. The summed E-state index contributed by atoms with van der Waals surface area (Å²) in [5, 5.41) is 0. The summed E-state index contributed by atoms with van der Waals surface area (Å²) in [5.74, 6) is -0.111. The highest BCUT2D eigenvalue weighted by molar-refractivity contribution is 6.12. The van der Waals surface area contributed by atoms with Crippen LogP contribution in [-0.2, 0) is 20.9 Å². The van der Waals surface area contributed by atoms with Crippen molar-refractivity contribution in [3.63, 3.8) is 0 Å². The third kappa shape index (κ3) is 5.50. The van der Waals surface area contributed by atoms with Crippen LogP contribution < -0.4 is 9.64 Å². The monoisotopic (exact) mass is 500 g/mol. The number of amides is 3. The summed E-state index contributed by atoms with van der Waals surface area (Å²) in [5.41, 5.74) is 4.07. The van der Waals surface area contributed by atoms with Crippen molar-refractivity contribution >= 4 is 23.6 Å². The van der Waals surface area contributed by atoms with Crippen molar-refractivity contribution in [3.8, 4) is 16.9 Å². The Morgan fingerprint density at radius 2 is 1.51 bits per heavy atom. The third-order valence-electron chi connectivity index (χ3n) is 6.33. The van der Waals surface area contributed by atoms with Crippen molar-refractivity contribution in [2.45, 2.75) is 46.8 Å². The van der Waals surface area contributed by atoms with Crippen molar-refractivity contribution in [1.82, 2.24) is 4.90 Å². The molecule has 0 unspecified atom stereocenters. The second kappa shape index (κ2) is 10.5. The molecule has 0 atom stereocenters. The van der Waals surface area contributed by atoms with Crippen LogP contribution in [0.1, 0.15) is 37.5 Å². The first-order valence-electron chi connectivity index (χ1n) is 12.3. The molecular weight excluding hydrogens is 468 g/mol. The van der Waals surface area contributed by atoms with Gasteiger partial charge in [-0.15, -0.1) is 0 Å². The number of aryl methyl sites for hydroxylation is 2. The number of urea groups is 1. The molecular formula is C30H32N2O5. The van der Waals surface area contributed by atoms with Gasteiger partial charge in [0.1, 0.15) is 12.3 Å². The Morgan fingerprint density at radius 1 is 0.919 bits per heavy atom. The van der Waals surface area contributed by atoms with E-state index in [1.54, 1.807) is 20.8 Å².